The Hall–Kier alpha value is -5.08. The van der Waals surface area contributed by atoms with Crippen LogP contribution in [0.15, 0.2) is 104 Å². The Bertz CT molecular complexity index is 1630. The molecule has 8 heteroatoms. The minimum Gasteiger partial charge on any atom is -0.493 e. The quantitative estimate of drug-likeness (QED) is 0.198. The Morgan fingerprint density at radius 2 is 1.93 bits per heavy atom. The summed E-state index contributed by atoms with van der Waals surface area (Å²) in [4.78, 5) is 36.1. The van der Waals surface area contributed by atoms with Crippen molar-refractivity contribution in [3.63, 3.8) is 0 Å². The van der Waals surface area contributed by atoms with Crippen LogP contribution in [0.25, 0.3) is 11.3 Å². The van der Waals surface area contributed by atoms with Crippen LogP contribution in [-0.4, -0.2) is 46.8 Å². The minimum atomic E-state index is -0.220. The van der Waals surface area contributed by atoms with Crippen molar-refractivity contribution in [3.05, 3.63) is 120 Å². The summed E-state index contributed by atoms with van der Waals surface area (Å²) < 4.78 is 5.96. The number of ether oxygens (including phenoxy) is 1. The molecule has 0 aliphatic carbocycles. The highest BCUT2D eigenvalue weighted by Crippen LogP contribution is 2.26. The van der Waals surface area contributed by atoms with Crippen LogP contribution in [0.3, 0.4) is 0 Å². The van der Waals surface area contributed by atoms with Gasteiger partial charge < -0.3 is 15.4 Å². The molecule has 6 bridgehead atoms. The summed E-state index contributed by atoms with van der Waals surface area (Å²) >= 11 is 0. The molecule has 43 heavy (non-hydrogen) atoms. The number of carbonyl (C=O) groups excluding carboxylic acids is 2. The van der Waals surface area contributed by atoms with E-state index < -0.39 is 0 Å². The van der Waals surface area contributed by atoms with Gasteiger partial charge in [-0.05, 0) is 85.6 Å². The first-order valence-corrected chi connectivity index (χ1v) is 14.3. The van der Waals surface area contributed by atoms with E-state index in [0.717, 1.165) is 46.8 Å². The standard InChI is InChI=1S/C35H35N5O3/c1-3-31(41)15-12-25-10-13-27(14-11-25)34(42)37-29-20-26-21-30(23-29)38-35-36-17-16-33(39-35)28-8-7-9-32(22-28)43-19-6-4-5-18-40(2)24-26/h3-5,7-11,13-14,16-17,20-23H,1,6,12,15,18-19,24H2,2H3,(H,37,42)(H,36,38,39)/b5-4+. The SMILES string of the molecule is C=CC(=O)CCc1ccc(C(=O)Nc2cc3cc(c2)Nc2nccc(n2)-c2cccc(c2)OCC/C=C/CN(C)C3)cc1. The zero-order valence-corrected chi connectivity index (χ0v) is 24.3. The van der Waals surface area contributed by atoms with Gasteiger partial charge in [-0.2, -0.15) is 0 Å². The van der Waals surface area contributed by atoms with E-state index in [0.29, 0.717) is 43.2 Å². The first-order valence-electron chi connectivity index (χ1n) is 14.3. The summed E-state index contributed by atoms with van der Waals surface area (Å²) in [5.74, 6) is 1.02. The molecule has 1 amide bonds. The summed E-state index contributed by atoms with van der Waals surface area (Å²) in [7, 11) is 2.06. The summed E-state index contributed by atoms with van der Waals surface area (Å²) in [5, 5.41) is 6.37. The van der Waals surface area contributed by atoms with Crippen molar-refractivity contribution < 1.29 is 14.3 Å². The number of anilines is 3. The number of nitrogens with zero attached hydrogens (tertiary/aromatic N) is 3. The number of benzene rings is 3. The predicted octanol–water partition coefficient (Wildman–Crippen LogP) is 6.60. The topological polar surface area (TPSA) is 96.5 Å². The van der Waals surface area contributed by atoms with Crippen molar-refractivity contribution in [1.82, 2.24) is 14.9 Å². The molecule has 0 saturated carbocycles. The molecule has 5 rings (SSSR count). The molecule has 0 radical (unpaired) electrons. The van der Waals surface area contributed by atoms with Crippen LogP contribution < -0.4 is 15.4 Å². The second kappa shape index (κ2) is 14.2. The van der Waals surface area contributed by atoms with Gasteiger partial charge >= 0.3 is 0 Å². The summed E-state index contributed by atoms with van der Waals surface area (Å²) in [6.07, 6.45) is 9.14. The number of hydrogen-bond donors (Lipinski definition) is 2. The predicted molar refractivity (Wildman–Crippen MR) is 171 cm³/mol. The summed E-state index contributed by atoms with van der Waals surface area (Å²) in [6, 6.07) is 23.0. The van der Waals surface area contributed by atoms with Crippen LogP contribution >= 0.6 is 0 Å². The Kier molecular flexibility index (Phi) is 9.71. The van der Waals surface area contributed by atoms with Crippen LogP contribution in [0.5, 0.6) is 5.75 Å². The van der Waals surface area contributed by atoms with Crippen molar-refractivity contribution in [3.8, 4) is 17.0 Å². The second-order valence-electron chi connectivity index (χ2n) is 10.5. The Balaban J connectivity index is 1.40. The number of fused-ring (bicyclic) bond motifs is 7. The van der Waals surface area contributed by atoms with Gasteiger partial charge in [0.15, 0.2) is 5.78 Å². The molecule has 8 nitrogen and oxygen atoms in total. The molecule has 0 fully saturated rings. The molecular formula is C35H35N5O3. The fraction of sp³-hybridized carbons (Fsp3) is 0.200. The average molecular weight is 574 g/mol. The Labute approximate surface area is 252 Å². The molecular weight excluding hydrogens is 538 g/mol. The number of carbonyl (C=O) groups is 2. The Morgan fingerprint density at radius 1 is 1.07 bits per heavy atom. The van der Waals surface area contributed by atoms with Gasteiger partial charge in [-0.15, -0.1) is 0 Å². The van der Waals surface area contributed by atoms with Crippen LogP contribution in [-0.2, 0) is 17.8 Å². The minimum absolute atomic E-state index is 0.00267. The normalized spacial score (nSPS) is 14.3. The zero-order valence-electron chi connectivity index (χ0n) is 24.3. The van der Waals surface area contributed by atoms with E-state index in [2.05, 4.69) is 46.3 Å². The summed E-state index contributed by atoms with van der Waals surface area (Å²) in [6.45, 7) is 5.54. The lowest BCUT2D eigenvalue weighted by Crippen LogP contribution is -2.18. The third-order valence-electron chi connectivity index (χ3n) is 6.99. The monoisotopic (exact) mass is 573 g/mol. The maximum Gasteiger partial charge on any atom is 0.255 e. The lowest BCUT2D eigenvalue weighted by Gasteiger charge is -2.17. The number of aromatic nitrogens is 2. The maximum absolute atomic E-state index is 13.2. The van der Waals surface area contributed by atoms with Gasteiger partial charge in [0.05, 0.1) is 12.3 Å². The van der Waals surface area contributed by atoms with E-state index in [9.17, 15) is 9.59 Å². The number of rotatable bonds is 6. The van der Waals surface area contributed by atoms with Gasteiger partial charge in [-0.25, -0.2) is 9.97 Å². The number of hydrogen-bond acceptors (Lipinski definition) is 7. The van der Waals surface area contributed by atoms with Gasteiger partial charge in [0.1, 0.15) is 5.75 Å². The number of aryl methyl sites for hydroxylation is 1. The largest absolute Gasteiger partial charge is 0.493 e. The highest BCUT2D eigenvalue weighted by Gasteiger charge is 2.12. The van der Waals surface area contributed by atoms with Crippen molar-refractivity contribution in [2.45, 2.75) is 25.8 Å². The highest BCUT2D eigenvalue weighted by atomic mass is 16.5. The molecule has 4 aromatic rings. The lowest BCUT2D eigenvalue weighted by atomic mass is 10.1. The number of ketones is 1. The van der Waals surface area contributed by atoms with Crippen molar-refractivity contribution in [2.75, 3.05) is 30.8 Å². The molecule has 1 aliphatic heterocycles. The fourth-order valence-electron chi connectivity index (χ4n) is 4.77. The van der Waals surface area contributed by atoms with E-state index in [4.69, 9.17) is 9.72 Å². The molecule has 0 spiro atoms. The van der Waals surface area contributed by atoms with E-state index in [-0.39, 0.29) is 11.7 Å². The molecule has 1 aromatic heterocycles. The van der Waals surface area contributed by atoms with Crippen LogP contribution in [0.1, 0.15) is 34.3 Å². The lowest BCUT2D eigenvalue weighted by molar-refractivity contribution is -0.114. The first-order chi connectivity index (χ1) is 20.9. The van der Waals surface area contributed by atoms with Gasteiger partial charge in [-0.3, -0.25) is 14.5 Å². The highest BCUT2D eigenvalue weighted by molar-refractivity contribution is 6.04. The molecule has 1 aliphatic rings. The first kappa shape index (κ1) is 29.4. The number of likely N-dealkylation sites (N-methyl/N-ethyl adjacent to an activating group) is 1. The van der Waals surface area contributed by atoms with E-state index in [1.54, 1.807) is 18.3 Å². The zero-order chi connectivity index (χ0) is 30.0. The van der Waals surface area contributed by atoms with E-state index in [1.807, 2.05) is 60.7 Å². The maximum atomic E-state index is 13.2. The molecule has 218 valence electrons. The van der Waals surface area contributed by atoms with Crippen molar-refractivity contribution in [2.24, 2.45) is 0 Å². The van der Waals surface area contributed by atoms with Crippen LogP contribution in [0, 0.1) is 0 Å². The molecule has 3 aromatic carbocycles. The average Bonchev–Trinajstić information content (AvgIpc) is 3.01. The van der Waals surface area contributed by atoms with Gasteiger partial charge in [-0.1, -0.05) is 43.0 Å². The third kappa shape index (κ3) is 8.47. The van der Waals surface area contributed by atoms with E-state index >= 15 is 0 Å². The molecule has 0 unspecified atom stereocenters. The van der Waals surface area contributed by atoms with E-state index in [1.165, 1.54) is 6.08 Å². The molecule has 0 saturated heterocycles. The van der Waals surface area contributed by atoms with Gasteiger partial charge in [0, 0.05) is 48.2 Å². The molecule has 2 N–H and O–H groups in total. The van der Waals surface area contributed by atoms with Gasteiger partial charge in [0.2, 0.25) is 5.95 Å². The molecule has 0 atom stereocenters. The second-order valence-corrected chi connectivity index (χ2v) is 10.5. The number of allylic oxidation sites excluding steroid dienone is 1. The fourth-order valence-corrected chi connectivity index (χ4v) is 4.77. The van der Waals surface area contributed by atoms with Gasteiger partial charge in [0.25, 0.3) is 5.91 Å². The van der Waals surface area contributed by atoms with Crippen LogP contribution in [0.2, 0.25) is 0 Å². The number of nitrogens with one attached hydrogen (secondary N) is 2. The molecule has 2 heterocycles. The van der Waals surface area contributed by atoms with Crippen molar-refractivity contribution >= 4 is 29.0 Å². The number of amides is 1. The third-order valence-corrected chi connectivity index (χ3v) is 6.99. The smallest absolute Gasteiger partial charge is 0.255 e. The summed E-state index contributed by atoms with van der Waals surface area (Å²) in [5.41, 5.74) is 5.66. The Morgan fingerprint density at radius 3 is 2.77 bits per heavy atom. The van der Waals surface area contributed by atoms with Crippen molar-refractivity contribution in [1.29, 1.82) is 0 Å². The van der Waals surface area contributed by atoms with Crippen LogP contribution in [0.4, 0.5) is 17.3 Å².